The molecule has 2 N–H and O–H groups in total. The molecule has 0 fully saturated rings. The number of anilines is 1. The van der Waals surface area contributed by atoms with Crippen molar-refractivity contribution in [2.24, 2.45) is 0 Å². The Balaban J connectivity index is 1.71. The number of para-hydroxylation sites is 1. The van der Waals surface area contributed by atoms with Crippen molar-refractivity contribution in [3.63, 3.8) is 0 Å². The lowest BCUT2D eigenvalue weighted by Gasteiger charge is -2.19. The predicted octanol–water partition coefficient (Wildman–Crippen LogP) is 5.17. The molecule has 3 aromatic rings. The van der Waals surface area contributed by atoms with Crippen molar-refractivity contribution >= 4 is 28.3 Å². The van der Waals surface area contributed by atoms with Gasteiger partial charge in [-0.25, -0.2) is 0 Å². The highest BCUT2D eigenvalue weighted by atomic mass is 16.5. The molecule has 3 aromatic carbocycles. The Morgan fingerprint density at radius 3 is 2.43 bits per heavy atom. The maximum absolute atomic E-state index is 12.9. The molecule has 0 aromatic heterocycles. The zero-order valence-electron chi connectivity index (χ0n) is 17.5. The number of carbonyl (C=O) groups excluding carboxylic acids is 2. The minimum Gasteiger partial charge on any atom is -0.481 e. The highest BCUT2D eigenvalue weighted by Crippen LogP contribution is 2.23. The van der Waals surface area contributed by atoms with E-state index in [1.165, 1.54) is 0 Å². The van der Waals surface area contributed by atoms with Crippen molar-refractivity contribution in [2.45, 2.75) is 39.2 Å². The van der Waals surface area contributed by atoms with Gasteiger partial charge in [0.2, 0.25) is 0 Å². The number of hydrogen-bond acceptors (Lipinski definition) is 3. The molecule has 0 aliphatic heterocycles. The molecule has 1 atom stereocenters. The van der Waals surface area contributed by atoms with Crippen molar-refractivity contribution in [1.82, 2.24) is 5.32 Å². The molecular weight excluding hydrogens is 376 g/mol. The van der Waals surface area contributed by atoms with E-state index in [1.54, 1.807) is 24.3 Å². The molecule has 5 heteroatoms. The van der Waals surface area contributed by atoms with Gasteiger partial charge in [0.15, 0.2) is 6.10 Å². The van der Waals surface area contributed by atoms with E-state index in [1.807, 2.05) is 49.4 Å². The predicted molar refractivity (Wildman–Crippen MR) is 121 cm³/mol. The summed E-state index contributed by atoms with van der Waals surface area (Å²) < 4.78 is 5.97. The Morgan fingerprint density at radius 2 is 1.67 bits per heavy atom. The van der Waals surface area contributed by atoms with Crippen molar-refractivity contribution < 1.29 is 14.3 Å². The first-order valence-corrected chi connectivity index (χ1v) is 10.5. The SMILES string of the molecule is CCCCNC(=O)c1ccccc1NC(=O)C(CC)Oc1ccc2ccccc2c1. The second kappa shape index (κ2) is 10.4. The molecule has 0 saturated heterocycles. The van der Waals surface area contributed by atoms with Gasteiger partial charge in [-0.2, -0.15) is 0 Å². The van der Waals surface area contributed by atoms with Gasteiger partial charge in [-0.1, -0.05) is 62.7 Å². The van der Waals surface area contributed by atoms with Crippen LogP contribution in [0.5, 0.6) is 5.75 Å². The van der Waals surface area contributed by atoms with Crippen LogP contribution < -0.4 is 15.4 Å². The zero-order valence-corrected chi connectivity index (χ0v) is 17.5. The van der Waals surface area contributed by atoms with Crippen molar-refractivity contribution in [2.75, 3.05) is 11.9 Å². The van der Waals surface area contributed by atoms with Crippen molar-refractivity contribution in [1.29, 1.82) is 0 Å². The van der Waals surface area contributed by atoms with Crippen LogP contribution in [0.15, 0.2) is 66.7 Å². The van der Waals surface area contributed by atoms with Crippen LogP contribution in [-0.4, -0.2) is 24.5 Å². The first-order chi connectivity index (χ1) is 14.6. The second-order valence-corrected chi connectivity index (χ2v) is 7.17. The summed E-state index contributed by atoms with van der Waals surface area (Å²) in [5.74, 6) is 0.170. The molecule has 30 heavy (non-hydrogen) atoms. The minimum absolute atomic E-state index is 0.192. The van der Waals surface area contributed by atoms with Gasteiger partial charge in [0.05, 0.1) is 11.3 Å². The van der Waals surface area contributed by atoms with Gasteiger partial charge < -0.3 is 15.4 Å². The van der Waals surface area contributed by atoms with E-state index in [0.29, 0.717) is 30.0 Å². The Hall–Kier alpha value is -3.34. The molecule has 3 rings (SSSR count). The number of benzene rings is 3. The van der Waals surface area contributed by atoms with Gasteiger partial charge in [0, 0.05) is 6.54 Å². The third-order valence-corrected chi connectivity index (χ3v) is 4.91. The normalized spacial score (nSPS) is 11.7. The molecule has 156 valence electrons. The summed E-state index contributed by atoms with van der Waals surface area (Å²) in [5, 5.41) is 7.93. The number of fused-ring (bicyclic) bond motifs is 1. The van der Waals surface area contributed by atoms with E-state index in [2.05, 4.69) is 17.6 Å². The summed E-state index contributed by atoms with van der Waals surface area (Å²) in [6.07, 6.45) is 1.76. The lowest BCUT2D eigenvalue weighted by molar-refractivity contribution is -0.122. The molecule has 1 unspecified atom stereocenters. The third kappa shape index (κ3) is 5.38. The summed E-state index contributed by atoms with van der Waals surface area (Å²) in [7, 11) is 0. The molecule has 0 saturated carbocycles. The Morgan fingerprint density at radius 1 is 0.933 bits per heavy atom. The van der Waals surface area contributed by atoms with E-state index in [-0.39, 0.29) is 11.8 Å². The van der Waals surface area contributed by atoms with Crippen LogP contribution in [0.25, 0.3) is 10.8 Å². The molecule has 0 spiro atoms. The van der Waals surface area contributed by atoms with Gasteiger partial charge in [0.1, 0.15) is 5.75 Å². The van der Waals surface area contributed by atoms with E-state index in [0.717, 1.165) is 23.6 Å². The molecule has 0 aliphatic rings. The topological polar surface area (TPSA) is 67.4 Å². The highest BCUT2D eigenvalue weighted by molar-refractivity contribution is 6.04. The fourth-order valence-electron chi connectivity index (χ4n) is 3.20. The van der Waals surface area contributed by atoms with E-state index in [9.17, 15) is 9.59 Å². The van der Waals surface area contributed by atoms with Crippen LogP contribution >= 0.6 is 0 Å². The fraction of sp³-hybridized carbons (Fsp3) is 0.280. The first kappa shape index (κ1) is 21.4. The maximum atomic E-state index is 12.9. The molecule has 2 amide bonds. The van der Waals surface area contributed by atoms with E-state index in [4.69, 9.17) is 4.74 Å². The van der Waals surface area contributed by atoms with Crippen molar-refractivity contribution in [3.8, 4) is 5.75 Å². The Bertz CT molecular complexity index is 1020. The molecule has 0 heterocycles. The zero-order chi connectivity index (χ0) is 21.3. The molecule has 0 aliphatic carbocycles. The monoisotopic (exact) mass is 404 g/mol. The lowest BCUT2D eigenvalue weighted by atomic mass is 10.1. The summed E-state index contributed by atoms with van der Waals surface area (Å²) >= 11 is 0. The van der Waals surface area contributed by atoms with E-state index < -0.39 is 6.10 Å². The van der Waals surface area contributed by atoms with Crippen LogP contribution in [0, 0.1) is 0 Å². The number of rotatable bonds is 9. The number of amides is 2. The summed E-state index contributed by atoms with van der Waals surface area (Å²) in [5.41, 5.74) is 0.930. The Labute approximate surface area is 177 Å². The van der Waals surface area contributed by atoms with Crippen molar-refractivity contribution in [3.05, 3.63) is 72.3 Å². The molecular formula is C25H28N2O3. The smallest absolute Gasteiger partial charge is 0.265 e. The average Bonchev–Trinajstić information content (AvgIpc) is 2.77. The summed E-state index contributed by atoms with van der Waals surface area (Å²) in [4.78, 5) is 25.4. The standard InChI is InChI=1S/C25H28N2O3/c1-3-5-16-26-24(28)21-12-8-9-13-22(21)27-25(29)23(4-2)30-20-15-14-18-10-6-7-11-19(18)17-20/h6-15,17,23H,3-5,16H2,1-2H3,(H,26,28)(H,27,29). The van der Waals surface area contributed by atoms with Crippen LogP contribution in [-0.2, 0) is 4.79 Å². The Kier molecular flexibility index (Phi) is 7.44. The van der Waals surface area contributed by atoms with Gasteiger partial charge in [-0.05, 0) is 47.9 Å². The van der Waals surface area contributed by atoms with E-state index >= 15 is 0 Å². The quantitative estimate of drug-likeness (QED) is 0.484. The number of ether oxygens (including phenoxy) is 1. The number of carbonyl (C=O) groups is 2. The number of nitrogens with one attached hydrogen (secondary N) is 2. The van der Waals surface area contributed by atoms with Gasteiger partial charge >= 0.3 is 0 Å². The fourth-order valence-corrected chi connectivity index (χ4v) is 3.20. The summed E-state index contributed by atoms with van der Waals surface area (Å²) in [6.45, 7) is 4.58. The second-order valence-electron chi connectivity index (χ2n) is 7.17. The lowest BCUT2D eigenvalue weighted by Crippen LogP contribution is -2.33. The highest BCUT2D eigenvalue weighted by Gasteiger charge is 2.21. The van der Waals surface area contributed by atoms with Gasteiger partial charge in [0.25, 0.3) is 11.8 Å². The molecule has 0 radical (unpaired) electrons. The van der Waals surface area contributed by atoms with Gasteiger partial charge in [-0.3, -0.25) is 9.59 Å². The summed E-state index contributed by atoms with van der Waals surface area (Å²) in [6, 6.07) is 20.8. The maximum Gasteiger partial charge on any atom is 0.265 e. The average molecular weight is 405 g/mol. The van der Waals surface area contributed by atoms with Crippen LogP contribution in [0.2, 0.25) is 0 Å². The largest absolute Gasteiger partial charge is 0.481 e. The minimum atomic E-state index is -0.664. The van der Waals surface area contributed by atoms with Crippen LogP contribution in [0.3, 0.4) is 0 Å². The number of hydrogen-bond donors (Lipinski definition) is 2. The van der Waals surface area contributed by atoms with Gasteiger partial charge in [-0.15, -0.1) is 0 Å². The first-order valence-electron chi connectivity index (χ1n) is 10.5. The van der Waals surface area contributed by atoms with Crippen LogP contribution in [0.4, 0.5) is 5.69 Å². The number of unbranched alkanes of at least 4 members (excludes halogenated alkanes) is 1. The molecule has 0 bridgehead atoms. The van der Waals surface area contributed by atoms with Crippen LogP contribution in [0.1, 0.15) is 43.5 Å². The third-order valence-electron chi connectivity index (χ3n) is 4.91. The molecule has 5 nitrogen and oxygen atoms in total.